The minimum absolute atomic E-state index is 0. The lowest BCUT2D eigenvalue weighted by molar-refractivity contribution is 0.178. The van der Waals surface area contributed by atoms with Crippen LogP contribution >= 0.6 is 12.4 Å². The SMILES string of the molecule is Cl.NCC1CCN(Cc2ccn(-c3ccccc3)n2)CC1. The van der Waals surface area contributed by atoms with Crippen LogP contribution in [0.4, 0.5) is 0 Å². The van der Waals surface area contributed by atoms with Gasteiger partial charge in [-0.25, -0.2) is 4.68 Å². The summed E-state index contributed by atoms with van der Waals surface area (Å²) in [6.45, 7) is 4.05. The van der Waals surface area contributed by atoms with Gasteiger partial charge in [0.15, 0.2) is 0 Å². The lowest BCUT2D eigenvalue weighted by atomic mass is 9.97. The number of aromatic nitrogens is 2. The van der Waals surface area contributed by atoms with E-state index < -0.39 is 0 Å². The van der Waals surface area contributed by atoms with E-state index >= 15 is 0 Å². The second kappa shape index (κ2) is 7.59. The van der Waals surface area contributed by atoms with Crippen molar-refractivity contribution in [1.29, 1.82) is 0 Å². The minimum Gasteiger partial charge on any atom is -0.330 e. The standard InChI is InChI=1S/C16H22N4.ClH/c17-12-14-6-9-19(10-7-14)13-15-8-11-20(18-15)16-4-2-1-3-5-16;/h1-5,8,11,14H,6-7,9-10,12-13,17H2;1H. The average Bonchev–Trinajstić information content (AvgIpc) is 2.97. The lowest BCUT2D eigenvalue weighted by Gasteiger charge is -2.30. The van der Waals surface area contributed by atoms with Crippen molar-refractivity contribution in [3.8, 4) is 5.69 Å². The second-order valence-corrected chi connectivity index (χ2v) is 5.54. The summed E-state index contributed by atoms with van der Waals surface area (Å²) < 4.78 is 1.95. The molecule has 2 aromatic rings. The topological polar surface area (TPSA) is 47.1 Å². The summed E-state index contributed by atoms with van der Waals surface area (Å²) in [7, 11) is 0. The molecule has 2 heterocycles. The van der Waals surface area contributed by atoms with Crippen LogP contribution in [0.1, 0.15) is 18.5 Å². The normalized spacial score (nSPS) is 16.6. The number of benzene rings is 1. The third-order valence-corrected chi connectivity index (χ3v) is 4.09. The van der Waals surface area contributed by atoms with Gasteiger partial charge in [-0.15, -0.1) is 12.4 Å². The van der Waals surface area contributed by atoms with Crippen LogP contribution in [0.2, 0.25) is 0 Å². The van der Waals surface area contributed by atoms with E-state index in [2.05, 4.69) is 28.2 Å². The number of hydrogen-bond donors (Lipinski definition) is 1. The predicted octanol–water partition coefficient (Wildman–Crippen LogP) is 2.46. The van der Waals surface area contributed by atoms with Gasteiger partial charge in [0, 0.05) is 12.7 Å². The van der Waals surface area contributed by atoms with Gasteiger partial charge in [-0.2, -0.15) is 5.10 Å². The highest BCUT2D eigenvalue weighted by Gasteiger charge is 2.18. The van der Waals surface area contributed by atoms with Crippen molar-refractivity contribution in [2.75, 3.05) is 19.6 Å². The number of halogens is 1. The van der Waals surface area contributed by atoms with E-state index in [-0.39, 0.29) is 12.4 Å². The maximum absolute atomic E-state index is 5.73. The molecule has 1 aliphatic heterocycles. The van der Waals surface area contributed by atoms with Crippen LogP contribution in [-0.4, -0.2) is 34.3 Å². The Bertz CT molecular complexity index is 532. The van der Waals surface area contributed by atoms with Gasteiger partial charge in [0.2, 0.25) is 0 Å². The maximum Gasteiger partial charge on any atom is 0.0769 e. The summed E-state index contributed by atoms with van der Waals surface area (Å²) in [4.78, 5) is 2.48. The van der Waals surface area contributed by atoms with Gasteiger partial charge in [-0.1, -0.05) is 18.2 Å². The molecule has 1 fully saturated rings. The number of rotatable bonds is 4. The highest BCUT2D eigenvalue weighted by molar-refractivity contribution is 5.85. The molecule has 0 bridgehead atoms. The molecule has 5 heteroatoms. The number of likely N-dealkylation sites (tertiary alicyclic amines) is 1. The van der Waals surface area contributed by atoms with Crippen LogP contribution < -0.4 is 5.73 Å². The van der Waals surface area contributed by atoms with Crippen LogP contribution in [0.3, 0.4) is 0 Å². The first-order valence-electron chi connectivity index (χ1n) is 7.37. The molecule has 21 heavy (non-hydrogen) atoms. The number of piperidine rings is 1. The Morgan fingerprint density at radius 1 is 1.10 bits per heavy atom. The Balaban J connectivity index is 0.00000161. The molecule has 0 saturated carbocycles. The molecule has 0 amide bonds. The first kappa shape index (κ1) is 16.0. The van der Waals surface area contributed by atoms with Gasteiger partial charge in [0.05, 0.1) is 11.4 Å². The Labute approximate surface area is 132 Å². The quantitative estimate of drug-likeness (QED) is 0.944. The molecule has 3 rings (SSSR count). The van der Waals surface area contributed by atoms with E-state index in [9.17, 15) is 0 Å². The van der Waals surface area contributed by atoms with E-state index in [1.165, 1.54) is 12.8 Å². The van der Waals surface area contributed by atoms with Crippen LogP contribution in [-0.2, 0) is 6.54 Å². The summed E-state index contributed by atoms with van der Waals surface area (Å²) in [5.74, 6) is 0.716. The lowest BCUT2D eigenvalue weighted by Crippen LogP contribution is -2.35. The molecule has 1 aromatic carbocycles. The molecule has 0 aliphatic carbocycles. The zero-order valence-electron chi connectivity index (χ0n) is 12.2. The highest BCUT2D eigenvalue weighted by atomic mass is 35.5. The Morgan fingerprint density at radius 3 is 2.48 bits per heavy atom. The van der Waals surface area contributed by atoms with Gasteiger partial charge < -0.3 is 5.73 Å². The molecular weight excluding hydrogens is 284 g/mol. The van der Waals surface area contributed by atoms with Crippen molar-refractivity contribution >= 4 is 12.4 Å². The number of hydrogen-bond acceptors (Lipinski definition) is 3. The van der Waals surface area contributed by atoms with Crippen LogP contribution in [0.5, 0.6) is 0 Å². The molecule has 4 nitrogen and oxygen atoms in total. The number of nitrogens with two attached hydrogens (primary N) is 1. The fraction of sp³-hybridized carbons (Fsp3) is 0.438. The fourth-order valence-corrected chi connectivity index (χ4v) is 2.78. The first-order valence-corrected chi connectivity index (χ1v) is 7.37. The number of para-hydroxylation sites is 1. The third kappa shape index (κ3) is 4.06. The van der Waals surface area contributed by atoms with Crippen molar-refractivity contribution in [3.63, 3.8) is 0 Å². The molecule has 114 valence electrons. The van der Waals surface area contributed by atoms with E-state index in [1.54, 1.807) is 0 Å². The predicted molar refractivity (Wildman–Crippen MR) is 87.9 cm³/mol. The molecule has 1 aliphatic rings. The van der Waals surface area contributed by atoms with E-state index in [0.717, 1.165) is 37.6 Å². The van der Waals surface area contributed by atoms with Crippen LogP contribution in [0, 0.1) is 5.92 Å². The highest BCUT2D eigenvalue weighted by Crippen LogP contribution is 2.17. The summed E-state index contributed by atoms with van der Waals surface area (Å²) in [6.07, 6.45) is 4.48. The van der Waals surface area contributed by atoms with Crippen molar-refractivity contribution < 1.29 is 0 Å². The third-order valence-electron chi connectivity index (χ3n) is 4.09. The van der Waals surface area contributed by atoms with Crippen molar-refractivity contribution in [2.24, 2.45) is 11.7 Å². The fourth-order valence-electron chi connectivity index (χ4n) is 2.78. The number of nitrogens with zero attached hydrogens (tertiary/aromatic N) is 3. The average molecular weight is 307 g/mol. The monoisotopic (exact) mass is 306 g/mol. The summed E-state index contributed by atoms with van der Waals surface area (Å²) in [6, 6.07) is 12.4. The van der Waals surface area contributed by atoms with E-state index in [4.69, 9.17) is 5.73 Å². The van der Waals surface area contributed by atoms with E-state index in [0.29, 0.717) is 5.92 Å². The zero-order chi connectivity index (χ0) is 13.8. The molecule has 0 radical (unpaired) electrons. The van der Waals surface area contributed by atoms with Crippen molar-refractivity contribution in [2.45, 2.75) is 19.4 Å². The summed E-state index contributed by atoms with van der Waals surface area (Å²) >= 11 is 0. The van der Waals surface area contributed by atoms with Gasteiger partial charge in [-0.3, -0.25) is 4.90 Å². The van der Waals surface area contributed by atoms with Crippen molar-refractivity contribution in [3.05, 3.63) is 48.3 Å². The largest absolute Gasteiger partial charge is 0.330 e. The molecule has 0 atom stereocenters. The van der Waals surface area contributed by atoms with Crippen LogP contribution in [0.25, 0.3) is 5.69 Å². The smallest absolute Gasteiger partial charge is 0.0769 e. The van der Waals surface area contributed by atoms with Gasteiger partial charge in [0.25, 0.3) is 0 Å². The Kier molecular flexibility index (Phi) is 5.79. The molecular formula is C16H23ClN4. The second-order valence-electron chi connectivity index (χ2n) is 5.54. The molecule has 2 N–H and O–H groups in total. The Morgan fingerprint density at radius 2 is 1.81 bits per heavy atom. The molecule has 0 spiro atoms. The molecule has 0 unspecified atom stereocenters. The summed E-state index contributed by atoms with van der Waals surface area (Å²) in [5.41, 5.74) is 7.99. The Hall–Kier alpha value is -1.36. The molecule has 1 aromatic heterocycles. The van der Waals surface area contributed by atoms with Crippen molar-refractivity contribution in [1.82, 2.24) is 14.7 Å². The summed E-state index contributed by atoms with van der Waals surface area (Å²) in [5, 5.41) is 4.66. The zero-order valence-corrected chi connectivity index (χ0v) is 13.0. The van der Waals surface area contributed by atoms with Gasteiger partial charge in [-0.05, 0) is 56.6 Å². The van der Waals surface area contributed by atoms with Gasteiger partial charge in [0.1, 0.15) is 0 Å². The molecule has 1 saturated heterocycles. The van der Waals surface area contributed by atoms with Crippen LogP contribution in [0.15, 0.2) is 42.6 Å². The first-order chi connectivity index (χ1) is 9.85. The minimum atomic E-state index is 0. The van der Waals surface area contributed by atoms with E-state index in [1.807, 2.05) is 29.1 Å². The van der Waals surface area contributed by atoms with Gasteiger partial charge >= 0.3 is 0 Å². The maximum atomic E-state index is 5.73.